The van der Waals surface area contributed by atoms with E-state index in [1.807, 2.05) is 17.5 Å². The average Bonchev–Trinajstić information content (AvgIpc) is 3.47. The summed E-state index contributed by atoms with van der Waals surface area (Å²) in [7, 11) is 2.82. The number of carbonyl (C=O) groups excluding carboxylic acids is 2. The summed E-state index contributed by atoms with van der Waals surface area (Å²) in [5.74, 6) is -1.49. The van der Waals surface area contributed by atoms with Gasteiger partial charge in [0.2, 0.25) is 0 Å². The fourth-order valence-corrected chi connectivity index (χ4v) is 5.06. The van der Waals surface area contributed by atoms with E-state index in [0.29, 0.717) is 12.2 Å². The highest BCUT2D eigenvalue weighted by Gasteiger charge is 2.46. The van der Waals surface area contributed by atoms with Crippen LogP contribution in [0, 0.1) is 0 Å². The van der Waals surface area contributed by atoms with Gasteiger partial charge in [-0.15, -0.1) is 11.3 Å². The van der Waals surface area contributed by atoms with Crippen LogP contribution in [0.3, 0.4) is 0 Å². The number of benzene rings is 2. The van der Waals surface area contributed by atoms with Crippen LogP contribution in [0.5, 0.6) is 23.0 Å². The number of methoxy groups -OCH3 is 2. The molecule has 1 aromatic heterocycles. The van der Waals surface area contributed by atoms with Crippen LogP contribution >= 0.6 is 22.9 Å². The molecule has 1 unspecified atom stereocenters. The highest BCUT2D eigenvalue weighted by molar-refractivity contribution is 7.09. The largest absolute Gasteiger partial charge is 0.507 e. The molecule has 188 valence electrons. The third-order valence-corrected chi connectivity index (χ3v) is 6.93. The van der Waals surface area contributed by atoms with E-state index in [1.54, 1.807) is 19.1 Å². The maximum absolute atomic E-state index is 13.4. The second kappa shape index (κ2) is 10.5. The number of carbonyl (C=O) groups is 2. The monoisotopic (exact) mass is 529 g/mol. The van der Waals surface area contributed by atoms with Gasteiger partial charge in [0.25, 0.3) is 11.7 Å². The summed E-state index contributed by atoms with van der Waals surface area (Å²) >= 11 is 7.66. The number of likely N-dealkylation sites (tertiary alicyclic amines) is 1. The van der Waals surface area contributed by atoms with Crippen LogP contribution in [0.2, 0.25) is 5.02 Å². The summed E-state index contributed by atoms with van der Waals surface area (Å²) in [6.45, 7) is 2.22. The molecule has 0 bridgehead atoms. The lowest BCUT2D eigenvalue weighted by atomic mass is 9.94. The number of phenolic OH excluding ortho intramolecular Hbond substituents is 1. The topological polar surface area (TPSA) is 106 Å². The summed E-state index contributed by atoms with van der Waals surface area (Å²) in [5.41, 5.74) is 0.488. The van der Waals surface area contributed by atoms with Gasteiger partial charge in [0.1, 0.15) is 17.3 Å². The molecule has 8 nitrogen and oxygen atoms in total. The zero-order valence-electron chi connectivity index (χ0n) is 19.8. The summed E-state index contributed by atoms with van der Waals surface area (Å²) in [6.07, 6.45) is 0. The van der Waals surface area contributed by atoms with Crippen molar-refractivity contribution in [2.75, 3.05) is 20.8 Å². The number of hydrogen-bond donors (Lipinski definition) is 2. The molecule has 3 aromatic rings. The lowest BCUT2D eigenvalue weighted by molar-refractivity contribution is -0.140. The molecule has 36 heavy (non-hydrogen) atoms. The van der Waals surface area contributed by atoms with E-state index in [9.17, 15) is 19.8 Å². The Balaban J connectivity index is 1.95. The number of ether oxygens (including phenoxy) is 3. The van der Waals surface area contributed by atoms with Crippen LogP contribution < -0.4 is 14.2 Å². The van der Waals surface area contributed by atoms with Gasteiger partial charge in [-0.1, -0.05) is 23.7 Å². The SMILES string of the molecule is CCOc1cc(C2/C(=C(\O)c3cc(OC)c(Cl)cc3OC)C(=O)C(=O)N2Cc2cccs2)ccc1O. The second-order valence-electron chi connectivity index (χ2n) is 7.85. The first-order valence-electron chi connectivity index (χ1n) is 11.0. The average molecular weight is 530 g/mol. The normalized spacial score (nSPS) is 16.9. The van der Waals surface area contributed by atoms with Gasteiger partial charge in [0.05, 0.1) is 49.6 Å². The summed E-state index contributed by atoms with van der Waals surface area (Å²) in [5, 5.41) is 23.8. The van der Waals surface area contributed by atoms with Gasteiger partial charge in [0, 0.05) is 10.9 Å². The third kappa shape index (κ3) is 4.59. The van der Waals surface area contributed by atoms with E-state index >= 15 is 0 Å². The number of nitrogens with zero attached hydrogens (tertiary/aromatic N) is 1. The molecule has 1 saturated heterocycles. The summed E-state index contributed by atoms with van der Waals surface area (Å²) in [6, 6.07) is 10.2. The molecule has 4 rings (SSSR count). The van der Waals surface area contributed by atoms with Gasteiger partial charge in [-0.05, 0) is 42.1 Å². The summed E-state index contributed by atoms with van der Waals surface area (Å²) in [4.78, 5) is 28.9. The first-order chi connectivity index (χ1) is 17.3. The van der Waals surface area contributed by atoms with Crippen molar-refractivity contribution in [1.82, 2.24) is 4.90 Å². The van der Waals surface area contributed by atoms with Crippen LogP contribution in [0.4, 0.5) is 0 Å². The first-order valence-corrected chi connectivity index (χ1v) is 12.2. The van der Waals surface area contributed by atoms with E-state index in [1.165, 1.54) is 48.7 Å². The number of phenols is 1. The maximum atomic E-state index is 13.4. The van der Waals surface area contributed by atoms with Crippen LogP contribution in [-0.2, 0) is 16.1 Å². The second-order valence-corrected chi connectivity index (χ2v) is 9.29. The molecule has 10 heteroatoms. The Morgan fingerprint density at radius 2 is 1.83 bits per heavy atom. The predicted octanol–water partition coefficient (Wildman–Crippen LogP) is 5.14. The molecule has 1 fully saturated rings. The molecule has 1 aliphatic rings. The quantitative estimate of drug-likeness (QED) is 0.236. The van der Waals surface area contributed by atoms with Crippen molar-refractivity contribution in [2.45, 2.75) is 19.5 Å². The van der Waals surface area contributed by atoms with Gasteiger partial charge < -0.3 is 29.3 Å². The van der Waals surface area contributed by atoms with Gasteiger partial charge in [-0.25, -0.2) is 0 Å². The Hall–Kier alpha value is -3.69. The van der Waals surface area contributed by atoms with Crippen molar-refractivity contribution in [1.29, 1.82) is 0 Å². The van der Waals surface area contributed by atoms with E-state index in [2.05, 4.69) is 0 Å². The minimum atomic E-state index is -0.960. The molecule has 2 heterocycles. The molecule has 0 radical (unpaired) electrons. The number of ketones is 1. The lowest BCUT2D eigenvalue weighted by Crippen LogP contribution is -2.28. The number of hydrogen-bond acceptors (Lipinski definition) is 8. The molecule has 0 saturated carbocycles. The molecule has 0 aliphatic carbocycles. The Labute approximate surface area is 216 Å². The number of Topliss-reactive ketones (excluding diaryl/α,β-unsaturated/α-hetero) is 1. The van der Waals surface area contributed by atoms with Crippen LogP contribution in [0.1, 0.15) is 29.0 Å². The van der Waals surface area contributed by atoms with Crippen LogP contribution in [-0.4, -0.2) is 47.6 Å². The molecular weight excluding hydrogens is 506 g/mol. The molecule has 2 N–H and O–H groups in total. The zero-order valence-corrected chi connectivity index (χ0v) is 21.4. The van der Waals surface area contributed by atoms with Gasteiger partial charge in [-0.3, -0.25) is 9.59 Å². The first kappa shape index (κ1) is 25.4. The molecule has 1 atom stereocenters. The van der Waals surface area contributed by atoms with Crippen molar-refractivity contribution >= 4 is 40.4 Å². The number of aliphatic hydroxyl groups is 1. The van der Waals surface area contributed by atoms with Gasteiger partial charge in [-0.2, -0.15) is 0 Å². The van der Waals surface area contributed by atoms with Crippen molar-refractivity contribution < 1.29 is 34.0 Å². The smallest absolute Gasteiger partial charge is 0.295 e. The maximum Gasteiger partial charge on any atom is 0.295 e. The Morgan fingerprint density at radius 1 is 1.08 bits per heavy atom. The molecule has 1 amide bonds. The number of amides is 1. The molecule has 1 aliphatic heterocycles. The highest BCUT2D eigenvalue weighted by Crippen LogP contribution is 2.45. The summed E-state index contributed by atoms with van der Waals surface area (Å²) < 4.78 is 16.2. The highest BCUT2D eigenvalue weighted by atomic mass is 35.5. The minimum absolute atomic E-state index is 0.0834. The third-order valence-electron chi connectivity index (χ3n) is 5.77. The fraction of sp³-hybridized carbons (Fsp3) is 0.231. The van der Waals surface area contributed by atoms with Gasteiger partial charge >= 0.3 is 0 Å². The number of aliphatic hydroxyl groups excluding tert-OH is 1. The van der Waals surface area contributed by atoms with E-state index in [4.69, 9.17) is 25.8 Å². The molecule has 2 aromatic carbocycles. The van der Waals surface area contributed by atoms with Gasteiger partial charge in [0.15, 0.2) is 11.5 Å². The molecule has 0 spiro atoms. The predicted molar refractivity (Wildman–Crippen MR) is 136 cm³/mol. The van der Waals surface area contributed by atoms with E-state index in [0.717, 1.165) is 4.88 Å². The standard InChI is InChI=1S/C26H24ClNO7S/c1-4-35-21-10-14(7-8-18(21)29)23-22(25(31)26(32)28(23)13-15-6-5-9-36-15)24(30)16-11-20(34-3)17(27)12-19(16)33-2/h5-12,23,29-30H,4,13H2,1-3H3/b24-22+. The number of aromatic hydroxyl groups is 1. The van der Waals surface area contributed by atoms with E-state index in [-0.39, 0.29) is 45.7 Å². The van der Waals surface area contributed by atoms with E-state index < -0.39 is 23.5 Å². The lowest BCUT2D eigenvalue weighted by Gasteiger charge is -2.25. The Morgan fingerprint density at radius 3 is 2.47 bits per heavy atom. The number of thiophene rings is 1. The minimum Gasteiger partial charge on any atom is -0.507 e. The fourth-order valence-electron chi connectivity index (χ4n) is 4.12. The van der Waals surface area contributed by atoms with Crippen molar-refractivity contribution in [3.05, 3.63) is 74.4 Å². The zero-order chi connectivity index (χ0) is 26.0. The Kier molecular flexibility index (Phi) is 7.42. The van der Waals surface area contributed by atoms with Crippen LogP contribution in [0.25, 0.3) is 5.76 Å². The van der Waals surface area contributed by atoms with Crippen molar-refractivity contribution in [3.8, 4) is 23.0 Å². The molecular formula is C26H24ClNO7S. The van der Waals surface area contributed by atoms with Crippen molar-refractivity contribution in [2.24, 2.45) is 0 Å². The number of halogens is 1. The number of rotatable bonds is 8. The Bertz CT molecular complexity index is 1340. The van der Waals surface area contributed by atoms with Crippen molar-refractivity contribution in [3.63, 3.8) is 0 Å². The van der Waals surface area contributed by atoms with Crippen LogP contribution in [0.15, 0.2) is 53.4 Å².